The minimum absolute atomic E-state index is 0.256. The van der Waals surface area contributed by atoms with Crippen LogP contribution >= 0.6 is 0 Å². The van der Waals surface area contributed by atoms with Crippen molar-refractivity contribution in [3.8, 4) is 0 Å². The first kappa shape index (κ1) is 15.3. The Labute approximate surface area is 122 Å². The van der Waals surface area contributed by atoms with Gasteiger partial charge in [-0.15, -0.1) is 0 Å². The van der Waals surface area contributed by atoms with Gasteiger partial charge < -0.3 is 14.8 Å². The van der Waals surface area contributed by atoms with E-state index < -0.39 is 6.09 Å². The molecule has 0 spiro atoms. The third-order valence-electron chi connectivity index (χ3n) is 3.31. The Bertz CT molecular complexity index is 503. The minimum atomic E-state index is -0.495. The molecule has 1 aromatic rings. The molecule has 1 saturated heterocycles. The molecule has 1 aliphatic heterocycles. The summed E-state index contributed by atoms with van der Waals surface area (Å²) in [7, 11) is 0. The number of halogens is 1. The molecule has 2 unspecified atom stereocenters. The van der Waals surface area contributed by atoms with Gasteiger partial charge in [-0.3, -0.25) is 4.79 Å². The molecule has 6 heteroatoms. The molecule has 0 bridgehead atoms. The van der Waals surface area contributed by atoms with Gasteiger partial charge in [0.2, 0.25) is 0 Å². The van der Waals surface area contributed by atoms with Crippen LogP contribution in [0.4, 0.5) is 9.18 Å². The van der Waals surface area contributed by atoms with Crippen LogP contribution in [-0.2, 0) is 14.3 Å². The van der Waals surface area contributed by atoms with Crippen molar-refractivity contribution in [1.29, 1.82) is 0 Å². The van der Waals surface area contributed by atoms with Crippen LogP contribution in [0.1, 0.15) is 37.8 Å². The third kappa shape index (κ3) is 4.18. The quantitative estimate of drug-likeness (QED) is 0.820. The number of cyclic esters (lactones) is 1. The molecule has 21 heavy (non-hydrogen) atoms. The van der Waals surface area contributed by atoms with Gasteiger partial charge in [0.15, 0.2) is 0 Å². The molecule has 5 nitrogen and oxygen atoms in total. The summed E-state index contributed by atoms with van der Waals surface area (Å²) < 4.78 is 23.0. The molecule has 0 aliphatic carbocycles. The molecule has 2 atom stereocenters. The highest BCUT2D eigenvalue weighted by molar-refractivity contribution is 5.71. The number of hydrogen-bond donors (Lipinski definition) is 1. The van der Waals surface area contributed by atoms with Crippen molar-refractivity contribution >= 4 is 12.1 Å². The van der Waals surface area contributed by atoms with Gasteiger partial charge >= 0.3 is 12.1 Å². The van der Waals surface area contributed by atoms with Crippen molar-refractivity contribution in [2.45, 2.75) is 38.3 Å². The van der Waals surface area contributed by atoms with E-state index in [-0.39, 0.29) is 30.4 Å². The molecule has 1 N–H and O–H groups in total. The second kappa shape index (κ2) is 7.06. The number of hydrogen-bond acceptors (Lipinski definition) is 4. The Morgan fingerprint density at radius 2 is 2.10 bits per heavy atom. The highest BCUT2D eigenvalue weighted by Gasteiger charge is 2.34. The summed E-state index contributed by atoms with van der Waals surface area (Å²) in [5.74, 6) is -0.587. The summed E-state index contributed by atoms with van der Waals surface area (Å²) in [4.78, 5) is 22.7. The Kier molecular flexibility index (Phi) is 5.14. The summed E-state index contributed by atoms with van der Waals surface area (Å²) in [6.07, 6.45) is 0.538. The summed E-state index contributed by atoms with van der Waals surface area (Å²) in [6.45, 7) is 2.11. The first-order valence-corrected chi connectivity index (χ1v) is 6.98. The van der Waals surface area contributed by atoms with Crippen LogP contribution in [-0.4, -0.2) is 24.8 Å². The third-order valence-corrected chi connectivity index (χ3v) is 3.31. The van der Waals surface area contributed by atoms with E-state index in [0.717, 1.165) is 5.56 Å². The lowest BCUT2D eigenvalue weighted by molar-refractivity contribution is -0.143. The van der Waals surface area contributed by atoms with E-state index in [2.05, 4.69) is 5.32 Å². The fourth-order valence-electron chi connectivity index (χ4n) is 2.33. The first-order chi connectivity index (χ1) is 10.1. The minimum Gasteiger partial charge on any atom is -0.466 e. The van der Waals surface area contributed by atoms with Crippen LogP contribution in [0.15, 0.2) is 24.3 Å². The maximum absolute atomic E-state index is 12.9. The zero-order valence-electron chi connectivity index (χ0n) is 11.8. The fourth-order valence-corrected chi connectivity index (χ4v) is 2.33. The normalized spacial score (nSPS) is 20.8. The molecular formula is C15H18FNO4. The Hall–Kier alpha value is -2.11. The molecule has 1 amide bonds. The molecule has 0 radical (unpaired) electrons. The summed E-state index contributed by atoms with van der Waals surface area (Å²) in [5, 5.41) is 2.70. The van der Waals surface area contributed by atoms with Gasteiger partial charge in [-0.1, -0.05) is 12.1 Å². The van der Waals surface area contributed by atoms with E-state index in [1.165, 1.54) is 12.1 Å². The number of carbonyl (C=O) groups excluding carboxylic acids is 2. The average Bonchev–Trinajstić information content (AvgIpc) is 2.81. The number of alkyl carbamates (subject to hydrolysis) is 1. The number of benzene rings is 1. The average molecular weight is 295 g/mol. The van der Waals surface area contributed by atoms with E-state index in [1.54, 1.807) is 19.1 Å². The zero-order chi connectivity index (χ0) is 15.2. The Morgan fingerprint density at radius 3 is 2.76 bits per heavy atom. The standard InChI is InChI=1S/C15H18FNO4/c1-2-20-13(18)5-3-4-12-14(17-15(19)21-12)10-6-8-11(16)9-7-10/h6-9,12,14H,2-5H2,1H3,(H,17,19). The van der Waals surface area contributed by atoms with Crippen molar-refractivity contribution in [2.75, 3.05) is 6.61 Å². The largest absolute Gasteiger partial charge is 0.466 e. The Morgan fingerprint density at radius 1 is 1.38 bits per heavy atom. The van der Waals surface area contributed by atoms with Gasteiger partial charge in [0, 0.05) is 6.42 Å². The van der Waals surface area contributed by atoms with Gasteiger partial charge in [-0.25, -0.2) is 9.18 Å². The van der Waals surface area contributed by atoms with Gasteiger partial charge in [0.25, 0.3) is 0 Å². The van der Waals surface area contributed by atoms with Crippen LogP contribution in [0.25, 0.3) is 0 Å². The van der Waals surface area contributed by atoms with Crippen molar-refractivity contribution in [3.05, 3.63) is 35.6 Å². The monoisotopic (exact) mass is 295 g/mol. The van der Waals surface area contributed by atoms with E-state index in [0.29, 0.717) is 19.4 Å². The lowest BCUT2D eigenvalue weighted by Gasteiger charge is -2.17. The summed E-state index contributed by atoms with van der Waals surface area (Å²) in [6, 6.07) is 5.60. The van der Waals surface area contributed by atoms with Crippen LogP contribution in [0, 0.1) is 5.82 Å². The molecular weight excluding hydrogens is 277 g/mol. The smallest absolute Gasteiger partial charge is 0.408 e. The van der Waals surface area contributed by atoms with Gasteiger partial charge in [0.1, 0.15) is 11.9 Å². The number of rotatable bonds is 6. The maximum atomic E-state index is 12.9. The van der Waals surface area contributed by atoms with Gasteiger partial charge in [-0.2, -0.15) is 0 Å². The highest BCUT2D eigenvalue weighted by atomic mass is 19.1. The van der Waals surface area contributed by atoms with E-state index in [4.69, 9.17) is 9.47 Å². The molecule has 1 fully saturated rings. The van der Waals surface area contributed by atoms with Gasteiger partial charge in [0.05, 0.1) is 12.6 Å². The molecule has 0 saturated carbocycles. The molecule has 1 aliphatic rings. The number of nitrogens with one attached hydrogen (secondary N) is 1. The molecule has 2 rings (SSSR count). The predicted molar refractivity (Wildman–Crippen MR) is 73.0 cm³/mol. The van der Waals surface area contributed by atoms with Gasteiger partial charge in [-0.05, 0) is 37.5 Å². The number of carbonyl (C=O) groups is 2. The topological polar surface area (TPSA) is 64.6 Å². The zero-order valence-corrected chi connectivity index (χ0v) is 11.8. The van der Waals surface area contributed by atoms with Crippen molar-refractivity contribution in [1.82, 2.24) is 5.32 Å². The lowest BCUT2D eigenvalue weighted by Crippen LogP contribution is -2.23. The van der Waals surface area contributed by atoms with Crippen molar-refractivity contribution in [3.63, 3.8) is 0 Å². The van der Waals surface area contributed by atoms with Crippen LogP contribution in [0.3, 0.4) is 0 Å². The first-order valence-electron chi connectivity index (χ1n) is 6.98. The fraction of sp³-hybridized carbons (Fsp3) is 0.467. The molecule has 1 heterocycles. The predicted octanol–water partition coefficient (Wildman–Crippen LogP) is 2.71. The number of amides is 1. The molecule has 114 valence electrons. The number of esters is 1. The second-order valence-corrected chi connectivity index (χ2v) is 4.81. The van der Waals surface area contributed by atoms with E-state index >= 15 is 0 Å². The SMILES string of the molecule is CCOC(=O)CCCC1OC(=O)NC1c1ccc(F)cc1. The highest BCUT2D eigenvalue weighted by Crippen LogP contribution is 2.28. The van der Waals surface area contributed by atoms with E-state index in [1.807, 2.05) is 0 Å². The molecule has 0 aromatic heterocycles. The Balaban J connectivity index is 1.92. The van der Waals surface area contributed by atoms with Crippen molar-refractivity contribution in [2.24, 2.45) is 0 Å². The summed E-state index contributed by atoms with van der Waals surface area (Å²) >= 11 is 0. The number of ether oxygens (including phenoxy) is 2. The molecule has 1 aromatic carbocycles. The van der Waals surface area contributed by atoms with Crippen LogP contribution in [0.5, 0.6) is 0 Å². The maximum Gasteiger partial charge on any atom is 0.408 e. The van der Waals surface area contributed by atoms with E-state index in [9.17, 15) is 14.0 Å². The summed E-state index contributed by atoms with van der Waals surface area (Å²) in [5.41, 5.74) is 0.781. The second-order valence-electron chi connectivity index (χ2n) is 4.81. The van der Waals surface area contributed by atoms with Crippen LogP contribution in [0.2, 0.25) is 0 Å². The van der Waals surface area contributed by atoms with Crippen LogP contribution < -0.4 is 5.32 Å². The van der Waals surface area contributed by atoms with Crippen molar-refractivity contribution < 1.29 is 23.5 Å². The lowest BCUT2D eigenvalue weighted by atomic mass is 9.98.